The highest BCUT2D eigenvalue weighted by molar-refractivity contribution is 7.17. The topological polar surface area (TPSA) is 17.8 Å². The van der Waals surface area contributed by atoms with Crippen molar-refractivity contribution in [2.24, 2.45) is 0 Å². The van der Waals surface area contributed by atoms with Crippen LogP contribution in [-0.2, 0) is 0 Å². The summed E-state index contributed by atoms with van der Waals surface area (Å²) >= 11 is 1.84. The van der Waals surface area contributed by atoms with Gasteiger partial charge in [0, 0.05) is 38.8 Å². The van der Waals surface area contributed by atoms with Crippen molar-refractivity contribution >= 4 is 43.2 Å². The smallest absolute Gasteiger partial charge is 0.0702 e. The molecule has 1 atom stereocenters. The second-order valence-corrected chi connectivity index (χ2v) is 11.7. The number of fused-ring (bicyclic) bond motifs is 7. The summed E-state index contributed by atoms with van der Waals surface area (Å²) in [6.07, 6.45) is 1.86. The van der Waals surface area contributed by atoms with Crippen LogP contribution in [0.1, 0.15) is 22.6 Å². The van der Waals surface area contributed by atoms with E-state index in [1.165, 1.54) is 65.4 Å². The van der Waals surface area contributed by atoms with Gasteiger partial charge < -0.3 is 4.57 Å². The summed E-state index contributed by atoms with van der Waals surface area (Å²) in [5.41, 5.74) is 12.5. The monoisotopic (exact) mass is 540 g/mol. The fourth-order valence-electron chi connectivity index (χ4n) is 6.83. The van der Waals surface area contributed by atoms with Gasteiger partial charge in [-0.2, -0.15) is 0 Å². The molecule has 0 bridgehead atoms. The maximum absolute atomic E-state index is 4.64. The first-order chi connectivity index (χ1) is 20.3. The van der Waals surface area contributed by atoms with Gasteiger partial charge in [0.1, 0.15) is 0 Å². The first-order valence-corrected chi connectivity index (χ1v) is 14.9. The molecule has 2 nitrogen and oxygen atoms in total. The number of nitrogens with zero attached hydrogens (tertiary/aromatic N) is 2. The summed E-state index contributed by atoms with van der Waals surface area (Å²) < 4.78 is 3.78. The highest BCUT2D eigenvalue weighted by Gasteiger charge is 2.32. The number of hydrogen-bond acceptors (Lipinski definition) is 2. The Bertz CT molecular complexity index is 2270. The van der Waals surface area contributed by atoms with Crippen molar-refractivity contribution in [1.29, 1.82) is 0 Å². The quantitative estimate of drug-likeness (QED) is 0.218. The van der Waals surface area contributed by atoms with E-state index in [9.17, 15) is 0 Å². The van der Waals surface area contributed by atoms with Gasteiger partial charge in [-0.15, -0.1) is 11.3 Å². The van der Waals surface area contributed by atoms with Crippen LogP contribution in [0.25, 0.3) is 60.0 Å². The minimum absolute atomic E-state index is 0.203. The van der Waals surface area contributed by atoms with Crippen LogP contribution in [-0.4, -0.2) is 9.55 Å². The normalized spacial score (nSPS) is 14.1. The molecule has 0 saturated carbocycles. The molecule has 0 saturated heterocycles. The van der Waals surface area contributed by atoms with Gasteiger partial charge in [-0.25, -0.2) is 0 Å². The molecule has 0 fully saturated rings. The van der Waals surface area contributed by atoms with Gasteiger partial charge in [-0.1, -0.05) is 84.9 Å². The Morgan fingerprint density at radius 3 is 2.27 bits per heavy atom. The maximum atomic E-state index is 4.64. The van der Waals surface area contributed by atoms with Gasteiger partial charge in [-0.05, 0) is 81.0 Å². The number of thiophene rings is 1. The third-order valence-electron chi connectivity index (χ3n) is 8.62. The first kappa shape index (κ1) is 22.8. The predicted octanol–water partition coefficient (Wildman–Crippen LogP) is 10.2. The molecule has 8 aromatic rings. The Labute approximate surface area is 241 Å². The van der Waals surface area contributed by atoms with E-state index in [-0.39, 0.29) is 5.92 Å². The lowest BCUT2D eigenvalue weighted by Crippen LogP contribution is -2.00. The Morgan fingerprint density at radius 1 is 0.561 bits per heavy atom. The van der Waals surface area contributed by atoms with Crippen LogP contribution >= 0.6 is 11.3 Å². The van der Waals surface area contributed by atoms with Crippen molar-refractivity contribution in [1.82, 2.24) is 9.55 Å². The zero-order valence-electron chi connectivity index (χ0n) is 22.2. The van der Waals surface area contributed by atoms with Gasteiger partial charge in [0.25, 0.3) is 0 Å². The third kappa shape index (κ3) is 3.33. The average molecular weight is 541 g/mol. The molecule has 1 unspecified atom stereocenters. The Balaban J connectivity index is 1.31. The van der Waals surface area contributed by atoms with Crippen molar-refractivity contribution in [3.63, 3.8) is 0 Å². The molecule has 3 aromatic heterocycles. The van der Waals surface area contributed by atoms with E-state index in [0.717, 1.165) is 11.3 Å². The fraction of sp³-hybridized carbons (Fsp3) is 0.0263. The summed E-state index contributed by atoms with van der Waals surface area (Å²) in [5, 5.41) is 6.24. The summed E-state index contributed by atoms with van der Waals surface area (Å²) in [4.78, 5) is 4.64. The van der Waals surface area contributed by atoms with E-state index in [1.807, 2.05) is 23.6 Å². The number of hydrogen-bond donors (Lipinski definition) is 0. The van der Waals surface area contributed by atoms with Crippen LogP contribution in [0, 0.1) is 0 Å². The van der Waals surface area contributed by atoms with Gasteiger partial charge in [0.2, 0.25) is 0 Å². The van der Waals surface area contributed by atoms with E-state index in [4.69, 9.17) is 0 Å². The van der Waals surface area contributed by atoms with Crippen molar-refractivity contribution in [3.8, 4) is 28.1 Å². The molecular weight excluding hydrogens is 516 g/mol. The summed E-state index contributed by atoms with van der Waals surface area (Å²) in [7, 11) is 0. The van der Waals surface area contributed by atoms with Gasteiger partial charge in [0.05, 0.1) is 16.7 Å². The summed E-state index contributed by atoms with van der Waals surface area (Å²) in [6.45, 7) is 0. The molecular formula is C38H24N2S. The molecule has 0 radical (unpaired) electrons. The molecule has 0 aliphatic heterocycles. The van der Waals surface area contributed by atoms with Gasteiger partial charge >= 0.3 is 0 Å². The molecule has 0 amide bonds. The minimum Gasteiger partial charge on any atom is -0.309 e. The molecule has 0 N–H and O–H groups in total. The lowest BCUT2D eigenvalue weighted by Gasteiger charge is -2.16. The number of aromatic nitrogens is 2. The molecule has 1 aliphatic rings. The van der Waals surface area contributed by atoms with E-state index in [0.29, 0.717) is 0 Å². The van der Waals surface area contributed by atoms with Crippen LogP contribution in [0.5, 0.6) is 0 Å². The molecule has 3 heterocycles. The summed E-state index contributed by atoms with van der Waals surface area (Å²) in [6, 6.07) is 46.4. The predicted molar refractivity (Wildman–Crippen MR) is 172 cm³/mol. The standard InChI is InChI=1S/C38H24N2S/c1-2-12-31-26(9-1)27-19-17-25(22-32(27)38(31)33-23-41-37-15-6-4-11-30(33)37)40-35-14-5-3-10-28(35)29-18-16-24(21-36(29)40)34-13-7-8-20-39-34/h1-23,38H. The largest absolute Gasteiger partial charge is 0.309 e. The number of pyridine rings is 1. The van der Waals surface area contributed by atoms with Crippen molar-refractivity contribution in [3.05, 3.63) is 156 Å². The first-order valence-electron chi connectivity index (χ1n) is 14.0. The molecule has 5 aromatic carbocycles. The molecule has 0 spiro atoms. The molecule has 192 valence electrons. The van der Waals surface area contributed by atoms with Crippen molar-refractivity contribution < 1.29 is 0 Å². The van der Waals surface area contributed by atoms with Crippen LogP contribution < -0.4 is 0 Å². The SMILES string of the molecule is c1ccc(-c2ccc3c4ccccc4n(-c4ccc5c(c4)C(c4csc6ccccc46)c4ccccc4-5)c3c2)nc1. The van der Waals surface area contributed by atoms with E-state index >= 15 is 0 Å². The van der Waals surface area contributed by atoms with E-state index < -0.39 is 0 Å². The fourth-order valence-corrected chi connectivity index (χ4v) is 7.82. The van der Waals surface area contributed by atoms with Gasteiger partial charge in [-0.3, -0.25) is 4.98 Å². The minimum atomic E-state index is 0.203. The van der Waals surface area contributed by atoms with Crippen LogP contribution in [0.2, 0.25) is 0 Å². The molecule has 3 heteroatoms. The Morgan fingerprint density at radius 2 is 1.34 bits per heavy atom. The number of rotatable bonds is 3. The Kier molecular flexibility index (Phi) is 4.87. The lowest BCUT2D eigenvalue weighted by molar-refractivity contribution is 1.03. The lowest BCUT2D eigenvalue weighted by atomic mass is 9.89. The number of para-hydroxylation sites is 1. The van der Waals surface area contributed by atoms with Gasteiger partial charge in [0.15, 0.2) is 0 Å². The maximum Gasteiger partial charge on any atom is 0.0702 e. The number of benzene rings is 5. The van der Waals surface area contributed by atoms with Crippen LogP contribution in [0.4, 0.5) is 0 Å². The molecule has 41 heavy (non-hydrogen) atoms. The second-order valence-electron chi connectivity index (χ2n) is 10.8. The van der Waals surface area contributed by atoms with Crippen molar-refractivity contribution in [2.75, 3.05) is 0 Å². The van der Waals surface area contributed by atoms with Crippen LogP contribution in [0.15, 0.2) is 139 Å². The zero-order chi connectivity index (χ0) is 26.9. The van der Waals surface area contributed by atoms with Crippen LogP contribution in [0.3, 0.4) is 0 Å². The second kappa shape index (κ2) is 8.76. The van der Waals surface area contributed by atoms with E-state index in [1.54, 1.807) is 0 Å². The highest BCUT2D eigenvalue weighted by atomic mass is 32.1. The van der Waals surface area contributed by atoms with E-state index in [2.05, 4.69) is 136 Å². The summed E-state index contributed by atoms with van der Waals surface area (Å²) in [5.74, 6) is 0.203. The Hall–Kier alpha value is -4.99. The third-order valence-corrected chi connectivity index (χ3v) is 9.60. The van der Waals surface area contributed by atoms with Crippen molar-refractivity contribution in [2.45, 2.75) is 5.92 Å². The average Bonchev–Trinajstić information content (AvgIpc) is 3.70. The molecule has 1 aliphatic carbocycles. The molecule has 9 rings (SSSR count). The highest BCUT2D eigenvalue weighted by Crippen LogP contribution is 2.51. The zero-order valence-corrected chi connectivity index (χ0v) is 23.0.